The van der Waals surface area contributed by atoms with Gasteiger partial charge in [-0.1, -0.05) is 31.4 Å². The number of carboxylic acid groups (broad SMARTS) is 1. The predicted octanol–water partition coefficient (Wildman–Crippen LogP) is 2.50. The molecule has 0 spiro atoms. The Hall–Kier alpha value is -2.11. The van der Waals surface area contributed by atoms with Crippen LogP contribution in [0.5, 0.6) is 5.75 Å². The van der Waals surface area contributed by atoms with E-state index in [0.29, 0.717) is 12.8 Å². The van der Waals surface area contributed by atoms with Gasteiger partial charge in [-0.2, -0.15) is 0 Å². The van der Waals surface area contributed by atoms with Gasteiger partial charge in [0.15, 0.2) is 17.7 Å². The quantitative estimate of drug-likeness (QED) is 0.876. The number of para-hydroxylation sites is 1. The first kappa shape index (κ1) is 16.3. The smallest absolute Gasteiger partial charge is 0.329 e. The summed E-state index contributed by atoms with van der Waals surface area (Å²) in [5, 5.41) is 12.0. The Morgan fingerprint density at radius 1 is 1.27 bits per heavy atom. The lowest BCUT2D eigenvalue weighted by molar-refractivity contribution is -0.150. The normalized spacial score (nSPS) is 18.3. The van der Waals surface area contributed by atoms with Crippen molar-refractivity contribution in [3.05, 3.63) is 30.1 Å². The fraction of sp³-hybridized carbons (Fsp3) is 0.500. The van der Waals surface area contributed by atoms with Gasteiger partial charge in [0, 0.05) is 0 Å². The molecule has 0 aromatic heterocycles. The van der Waals surface area contributed by atoms with Crippen LogP contribution in [0.3, 0.4) is 0 Å². The highest BCUT2D eigenvalue weighted by atomic mass is 19.1. The maximum absolute atomic E-state index is 13.5. The Balaban J connectivity index is 2.04. The van der Waals surface area contributed by atoms with Gasteiger partial charge in [-0.3, -0.25) is 4.79 Å². The third-order valence-electron chi connectivity index (χ3n) is 3.99. The number of ether oxygens (including phenoxy) is 1. The molecule has 0 bridgehead atoms. The third kappa shape index (κ3) is 3.55. The van der Waals surface area contributed by atoms with Crippen LogP contribution in [0.15, 0.2) is 24.3 Å². The van der Waals surface area contributed by atoms with Gasteiger partial charge in [0.2, 0.25) is 0 Å². The molecule has 2 rings (SSSR count). The number of carboxylic acids is 1. The minimum Gasteiger partial charge on any atom is -0.480 e. The molecule has 1 fully saturated rings. The van der Waals surface area contributed by atoms with E-state index in [0.717, 1.165) is 19.3 Å². The molecule has 1 aromatic carbocycles. The van der Waals surface area contributed by atoms with Crippen molar-refractivity contribution < 1.29 is 23.8 Å². The summed E-state index contributed by atoms with van der Waals surface area (Å²) in [7, 11) is 0. The Labute approximate surface area is 128 Å². The van der Waals surface area contributed by atoms with Crippen molar-refractivity contribution in [2.24, 2.45) is 0 Å². The maximum Gasteiger partial charge on any atom is 0.329 e. The SMILES string of the molecule is CC(Oc1ccccc1F)C(=O)NC1(C(=O)O)CCCCC1. The van der Waals surface area contributed by atoms with Crippen LogP contribution >= 0.6 is 0 Å². The zero-order chi connectivity index (χ0) is 16.2. The predicted molar refractivity (Wildman–Crippen MR) is 78.1 cm³/mol. The van der Waals surface area contributed by atoms with Crippen LogP contribution < -0.4 is 10.1 Å². The average molecular weight is 309 g/mol. The number of nitrogens with one attached hydrogen (secondary N) is 1. The molecule has 1 aliphatic carbocycles. The van der Waals surface area contributed by atoms with Gasteiger partial charge in [0.05, 0.1) is 0 Å². The van der Waals surface area contributed by atoms with E-state index in [4.69, 9.17) is 4.74 Å². The largest absolute Gasteiger partial charge is 0.480 e. The highest BCUT2D eigenvalue weighted by Gasteiger charge is 2.41. The number of carbonyl (C=O) groups excluding carboxylic acids is 1. The molecule has 0 radical (unpaired) electrons. The third-order valence-corrected chi connectivity index (χ3v) is 3.99. The number of halogens is 1. The topological polar surface area (TPSA) is 75.6 Å². The van der Waals surface area contributed by atoms with E-state index in [1.54, 1.807) is 6.07 Å². The number of hydrogen-bond acceptors (Lipinski definition) is 3. The lowest BCUT2D eigenvalue weighted by Gasteiger charge is -2.34. The molecule has 1 aliphatic rings. The van der Waals surface area contributed by atoms with Crippen molar-refractivity contribution in [1.82, 2.24) is 5.32 Å². The Kier molecular flexibility index (Phi) is 5.00. The van der Waals surface area contributed by atoms with E-state index in [9.17, 15) is 19.1 Å². The molecule has 0 saturated heterocycles. The summed E-state index contributed by atoms with van der Waals surface area (Å²) in [5.41, 5.74) is -1.23. The minimum atomic E-state index is -1.23. The van der Waals surface area contributed by atoms with E-state index in [1.165, 1.54) is 25.1 Å². The summed E-state index contributed by atoms with van der Waals surface area (Å²) in [6.07, 6.45) is 2.31. The number of benzene rings is 1. The van der Waals surface area contributed by atoms with Crippen molar-refractivity contribution >= 4 is 11.9 Å². The van der Waals surface area contributed by atoms with Gasteiger partial charge in [0.1, 0.15) is 5.54 Å². The van der Waals surface area contributed by atoms with Crippen molar-refractivity contribution in [2.45, 2.75) is 50.7 Å². The van der Waals surface area contributed by atoms with Gasteiger partial charge >= 0.3 is 5.97 Å². The van der Waals surface area contributed by atoms with Gasteiger partial charge in [0.25, 0.3) is 5.91 Å². The van der Waals surface area contributed by atoms with Crippen LogP contribution in [-0.4, -0.2) is 28.6 Å². The molecule has 1 amide bonds. The van der Waals surface area contributed by atoms with Crippen molar-refractivity contribution in [3.8, 4) is 5.75 Å². The molecule has 1 unspecified atom stereocenters. The van der Waals surface area contributed by atoms with Crippen LogP contribution in [0.4, 0.5) is 4.39 Å². The molecular formula is C16H20FNO4. The van der Waals surface area contributed by atoms with Gasteiger partial charge in [-0.05, 0) is 31.9 Å². The van der Waals surface area contributed by atoms with Crippen LogP contribution in [-0.2, 0) is 9.59 Å². The molecule has 1 saturated carbocycles. The number of carbonyl (C=O) groups is 2. The Morgan fingerprint density at radius 2 is 1.91 bits per heavy atom. The summed E-state index contributed by atoms with van der Waals surface area (Å²) in [5.74, 6) is -2.17. The van der Waals surface area contributed by atoms with Crippen LogP contribution in [0, 0.1) is 5.82 Å². The molecular weight excluding hydrogens is 289 g/mol. The summed E-state index contributed by atoms with van der Waals surface area (Å²) in [6.45, 7) is 1.47. The van der Waals surface area contributed by atoms with Gasteiger partial charge < -0.3 is 15.2 Å². The highest BCUT2D eigenvalue weighted by Crippen LogP contribution is 2.29. The molecule has 6 heteroatoms. The zero-order valence-corrected chi connectivity index (χ0v) is 12.5. The summed E-state index contributed by atoms with van der Waals surface area (Å²) < 4.78 is 18.8. The fourth-order valence-electron chi connectivity index (χ4n) is 2.67. The standard InChI is InChI=1S/C16H20FNO4/c1-11(22-13-8-4-3-7-12(13)17)14(19)18-16(15(20)21)9-5-2-6-10-16/h3-4,7-8,11H,2,5-6,9-10H2,1H3,(H,18,19)(H,20,21). The zero-order valence-electron chi connectivity index (χ0n) is 12.5. The second kappa shape index (κ2) is 6.77. The number of hydrogen-bond donors (Lipinski definition) is 2. The number of rotatable bonds is 5. The molecule has 0 aliphatic heterocycles. The van der Waals surface area contributed by atoms with E-state index in [1.807, 2.05) is 0 Å². The Bertz CT molecular complexity index is 555. The highest BCUT2D eigenvalue weighted by molar-refractivity contribution is 5.89. The minimum absolute atomic E-state index is 0.0295. The molecule has 1 aromatic rings. The van der Waals surface area contributed by atoms with E-state index in [2.05, 4.69) is 5.32 Å². The second-order valence-corrected chi connectivity index (χ2v) is 5.63. The molecule has 0 heterocycles. The first-order valence-corrected chi connectivity index (χ1v) is 7.41. The van der Waals surface area contributed by atoms with E-state index < -0.39 is 29.3 Å². The monoisotopic (exact) mass is 309 g/mol. The fourth-order valence-corrected chi connectivity index (χ4v) is 2.67. The van der Waals surface area contributed by atoms with E-state index in [-0.39, 0.29) is 5.75 Å². The van der Waals surface area contributed by atoms with Crippen LogP contribution in [0.25, 0.3) is 0 Å². The lowest BCUT2D eigenvalue weighted by Crippen LogP contribution is -2.58. The maximum atomic E-state index is 13.5. The van der Waals surface area contributed by atoms with Gasteiger partial charge in [-0.25, -0.2) is 9.18 Å². The average Bonchev–Trinajstić information content (AvgIpc) is 2.50. The van der Waals surface area contributed by atoms with Crippen LogP contribution in [0.1, 0.15) is 39.0 Å². The summed E-state index contributed by atoms with van der Waals surface area (Å²) >= 11 is 0. The molecule has 120 valence electrons. The molecule has 5 nitrogen and oxygen atoms in total. The molecule has 22 heavy (non-hydrogen) atoms. The summed E-state index contributed by atoms with van der Waals surface area (Å²) in [6, 6.07) is 5.78. The second-order valence-electron chi connectivity index (χ2n) is 5.63. The number of amides is 1. The molecule has 2 N–H and O–H groups in total. The lowest BCUT2D eigenvalue weighted by atomic mass is 9.81. The van der Waals surface area contributed by atoms with Crippen LogP contribution in [0.2, 0.25) is 0 Å². The first-order valence-electron chi connectivity index (χ1n) is 7.41. The number of aliphatic carboxylic acids is 1. The van der Waals surface area contributed by atoms with Crippen molar-refractivity contribution in [3.63, 3.8) is 0 Å². The first-order chi connectivity index (χ1) is 10.4. The molecule has 1 atom stereocenters. The van der Waals surface area contributed by atoms with Crippen molar-refractivity contribution in [2.75, 3.05) is 0 Å². The summed E-state index contributed by atoms with van der Waals surface area (Å²) in [4.78, 5) is 23.7. The van der Waals surface area contributed by atoms with E-state index >= 15 is 0 Å². The Morgan fingerprint density at radius 3 is 2.50 bits per heavy atom. The van der Waals surface area contributed by atoms with Crippen molar-refractivity contribution in [1.29, 1.82) is 0 Å². The van der Waals surface area contributed by atoms with Gasteiger partial charge in [-0.15, -0.1) is 0 Å².